The normalized spacial score (nSPS) is 20.9. The maximum atomic E-state index is 9.72. The fraction of sp³-hybridized carbons (Fsp3) is 0.750. The number of aromatic nitrogens is 2. The lowest BCUT2D eigenvalue weighted by molar-refractivity contribution is 0.0756. The minimum Gasteiger partial charge on any atom is -0.389 e. The van der Waals surface area contributed by atoms with Crippen molar-refractivity contribution in [3.8, 4) is 0 Å². The highest BCUT2D eigenvalue weighted by Gasteiger charge is 2.24. The summed E-state index contributed by atoms with van der Waals surface area (Å²) in [5.41, 5.74) is 1.98. The van der Waals surface area contributed by atoms with Crippen molar-refractivity contribution in [2.45, 2.75) is 44.8 Å². The molecule has 0 aromatic carbocycles. The number of aliphatic hydroxyl groups is 1. The topological polar surface area (TPSA) is 50.1 Å². The lowest BCUT2D eigenvalue weighted by Gasteiger charge is -2.27. The standard InChI is InChI=1S/C12H21N3O/c1-12(2,16)8-13-10-5-4-6-11-9(10)7-14-15(11)3/h7,10,13,16H,4-6,8H2,1-3H3. The van der Waals surface area contributed by atoms with Crippen LogP contribution in [-0.4, -0.2) is 27.0 Å². The van der Waals surface area contributed by atoms with Gasteiger partial charge < -0.3 is 10.4 Å². The molecule has 1 atom stereocenters. The van der Waals surface area contributed by atoms with Crippen LogP contribution in [0.2, 0.25) is 0 Å². The Bertz CT molecular complexity index is 365. The first-order valence-corrected chi connectivity index (χ1v) is 5.94. The molecule has 2 N–H and O–H groups in total. The third-order valence-electron chi connectivity index (χ3n) is 3.16. The van der Waals surface area contributed by atoms with Gasteiger partial charge in [0.2, 0.25) is 0 Å². The molecule has 90 valence electrons. The Kier molecular flexibility index (Phi) is 3.04. The summed E-state index contributed by atoms with van der Waals surface area (Å²) in [5.74, 6) is 0. The van der Waals surface area contributed by atoms with Gasteiger partial charge in [-0.05, 0) is 33.1 Å². The van der Waals surface area contributed by atoms with Crippen molar-refractivity contribution in [2.75, 3.05) is 6.54 Å². The van der Waals surface area contributed by atoms with Crippen molar-refractivity contribution in [2.24, 2.45) is 7.05 Å². The smallest absolute Gasteiger partial charge is 0.0715 e. The zero-order valence-corrected chi connectivity index (χ0v) is 10.3. The summed E-state index contributed by atoms with van der Waals surface area (Å²) in [5, 5.41) is 17.5. The Hall–Kier alpha value is -0.870. The van der Waals surface area contributed by atoms with Crippen molar-refractivity contribution < 1.29 is 5.11 Å². The summed E-state index contributed by atoms with van der Waals surface area (Å²) >= 11 is 0. The molecule has 1 aromatic heterocycles. The first-order valence-electron chi connectivity index (χ1n) is 5.94. The van der Waals surface area contributed by atoms with Crippen molar-refractivity contribution >= 4 is 0 Å². The first kappa shape index (κ1) is 11.6. The number of hydrogen-bond donors (Lipinski definition) is 2. The second kappa shape index (κ2) is 4.18. The van der Waals surface area contributed by atoms with Crippen molar-refractivity contribution in [3.63, 3.8) is 0 Å². The lowest BCUT2D eigenvalue weighted by atomic mass is 9.92. The number of nitrogens with zero attached hydrogens (tertiary/aromatic N) is 2. The lowest BCUT2D eigenvalue weighted by Crippen LogP contribution is -2.37. The highest BCUT2D eigenvalue weighted by molar-refractivity contribution is 5.24. The Labute approximate surface area is 96.7 Å². The van der Waals surface area contributed by atoms with Gasteiger partial charge in [-0.3, -0.25) is 4.68 Å². The Morgan fingerprint density at radius 2 is 2.38 bits per heavy atom. The Morgan fingerprint density at radius 1 is 1.62 bits per heavy atom. The summed E-state index contributed by atoms with van der Waals surface area (Å²) in [4.78, 5) is 0. The molecule has 0 saturated heterocycles. The molecule has 4 heteroatoms. The summed E-state index contributed by atoms with van der Waals surface area (Å²) in [6, 6.07) is 0.351. The predicted molar refractivity (Wildman–Crippen MR) is 63.2 cm³/mol. The van der Waals surface area contributed by atoms with E-state index >= 15 is 0 Å². The van der Waals surface area contributed by atoms with E-state index in [4.69, 9.17) is 0 Å². The van der Waals surface area contributed by atoms with Crippen LogP contribution < -0.4 is 5.32 Å². The van der Waals surface area contributed by atoms with Crippen LogP contribution in [0.25, 0.3) is 0 Å². The van der Waals surface area contributed by atoms with E-state index in [0.29, 0.717) is 12.6 Å². The molecule has 0 fully saturated rings. The van der Waals surface area contributed by atoms with Crippen LogP contribution in [0.4, 0.5) is 0 Å². The van der Waals surface area contributed by atoms with Crippen LogP contribution in [0.3, 0.4) is 0 Å². The van der Waals surface area contributed by atoms with E-state index in [9.17, 15) is 5.11 Å². The van der Waals surface area contributed by atoms with Gasteiger partial charge in [0.15, 0.2) is 0 Å². The molecule has 1 aromatic rings. The number of aryl methyl sites for hydroxylation is 1. The number of nitrogens with one attached hydrogen (secondary N) is 1. The maximum Gasteiger partial charge on any atom is 0.0715 e. The molecular formula is C12H21N3O. The summed E-state index contributed by atoms with van der Waals surface area (Å²) in [7, 11) is 2.00. The minimum atomic E-state index is -0.653. The highest BCUT2D eigenvalue weighted by atomic mass is 16.3. The third kappa shape index (κ3) is 2.44. The first-order chi connectivity index (χ1) is 7.47. The Balaban J connectivity index is 2.08. The van der Waals surface area contributed by atoms with Crippen molar-refractivity contribution in [1.29, 1.82) is 0 Å². The zero-order valence-electron chi connectivity index (χ0n) is 10.3. The molecule has 16 heavy (non-hydrogen) atoms. The van der Waals surface area contributed by atoms with Crippen LogP contribution in [0.5, 0.6) is 0 Å². The molecule has 0 saturated carbocycles. The fourth-order valence-electron chi connectivity index (χ4n) is 2.29. The minimum absolute atomic E-state index is 0.351. The van der Waals surface area contributed by atoms with E-state index in [1.165, 1.54) is 17.7 Å². The van der Waals surface area contributed by atoms with Gasteiger partial charge in [-0.1, -0.05) is 0 Å². The summed E-state index contributed by atoms with van der Waals surface area (Å²) in [6.45, 7) is 4.27. The maximum absolute atomic E-state index is 9.72. The number of rotatable bonds is 3. The SMILES string of the molecule is Cn1ncc2c1CCCC2NCC(C)(C)O. The van der Waals surface area contributed by atoms with Crippen LogP contribution >= 0.6 is 0 Å². The quantitative estimate of drug-likeness (QED) is 0.808. The van der Waals surface area contributed by atoms with Crippen LogP contribution in [-0.2, 0) is 13.5 Å². The molecule has 1 heterocycles. The second-order valence-electron chi connectivity index (χ2n) is 5.31. The van der Waals surface area contributed by atoms with Crippen LogP contribution in [0, 0.1) is 0 Å². The van der Waals surface area contributed by atoms with Gasteiger partial charge in [0, 0.05) is 30.9 Å². The predicted octanol–water partition coefficient (Wildman–Crippen LogP) is 1.16. The van der Waals surface area contributed by atoms with Gasteiger partial charge in [-0.2, -0.15) is 5.10 Å². The van der Waals surface area contributed by atoms with E-state index in [2.05, 4.69) is 10.4 Å². The largest absolute Gasteiger partial charge is 0.389 e. The molecule has 2 rings (SSSR count). The van der Waals surface area contributed by atoms with Crippen LogP contribution in [0.15, 0.2) is 6.20 Å². The van der Waals surface area contributed by atoms with Gasteiger partial charge in [0.25, 0.3) is 0 Å². The molecule has 1 unspecified atom stereocenters. The average molecular weight is 223 g/mol. The molecule has 0 aliphatic heterocycles. The van der Waals surface area contributed by atoms with E-state index in [-0.39, 0.29) is 0 Å². The van der Waals surface area contributed by atoms with Crippen LogP contribution in [0.1, 0.15) is 44.0 Å². The zero-order chi connectivity index (χ0) is 11.8. The number of fused-ring (bicyclic) bond motifs is 1. The average Bonchev–Trinajstić information content (AvgIpc) is 2.57. The van der Waals surface area contributed by atoms with E-state index in [1.807, 2.05) is 31.8 Å². The number of hydrogen-bond acceptors (Lipinski definition) is 3. The van der Waals surface area contributed by atoms with Gasteiger partial charge in [-0.25, -0.2) is 0 Å². The molecule has 0 radical (unpaired) electrons. The molecule has 4 nitrogen and oxygen atoms in total. The van der Waals surface area contributed by atoms with Gasteiger partial charge in [-0.15, -0.1) is 0 Å². The highest BCUT2D eigenvalue weighted by Crippen LogP contribution is 2.29. The molecule has 0 bridgehead atoms. The van der Waals surface area contributed by atoms with Gasteiger partial charge in [0.1, 0.15) is 0 Å². The molecule has 0 amide bonds. The molecule has 1 aliphatic rings. The third-order valence-corrected chi connectivity index (χ3v) is 3.16. The fourth-order valence-corrected chi connectivity index (χ4v) is 2.29. The van der Waals surface area contributed by atoms with Crippen molar-refractivity contribution in [1.82, 2.24) is 15.1 Å². The molecule has 1 aliphatic carbocycles. The molecule has 0 spiro atoms. The summed E-state index contributed by atoms with van der Waals surface area (Å²) < 4.78 is 1.97. The van der Waals surface area contributed by atoms with E-state index < -0.39 is 5.60 Å². The van der Waals surface area contributed by atoms with Gasteiger partial charge >= 0.3 is 0 Å². The summed E-state index contributed by atoms with van der Waals surface area (Å²) in [6.07, 6.45) is 5.40. The van der Waals surface area contributed by atoms with Gasteiger partial charge in [0.05, 0.1) is 11.8 Å². The Morgan fingerprint density at radius 3 is 3.06 bits per heavy atom. The molecular weight excluding hydrogens is 202 g/mol. The second-order valence-corrected chi connectivity index (χ2v) is 5.31. The van der Waals surface area contributed by atoms with Crippen molar-refractivity contribution in [3.05, 3.63) is 17.5 Å². The van der Waals surface area contributed by atoms with E-state index in [1.54, 1.807) is 0 Å². The van der Waals surface area contributed by atoms with E-state index in [0.717, 1.165) is 12.8 Å². The monoisotopic (exact) mass is 223 g/mol.